The third kappa shape index (κ3) is 3.71. The first kappa shape index (κ1) is 14.7. The average Bonchev–Trinajstić information content (AvgIpc) is 2.51. The Bertz CT molecular complexity index is 488. The molecular weight excluding hydrogens is 336 g/mol. The molecule has 1 atom stereocenters. The van der Waals surface area contributed by atoms with Gasteiger partial charge in [0.1, 0.15) is 6.10 Å². The Morgan fingerprint density at radius 1 is 1.24 bits per heavy atom. The van der Waals surface area contributed by atoms with Gasteiger partial charge in [0.2, 0.25) is 5.91 Å². The summed E-state index contributed by atoms with van der Waals surface area (Å²) >= 11 is 3.30. The molecule has 2 aliphatic rings. The molecule has 1 N–H and O–H groups in total. The van der Waals surface area contributed by atoms with Crippen molar-refractivity contribution in [2.75, 3.05) is 19.6 Å². The number of halogens is 1. The quantitative estimate of drug-likeness (QED) is 0.887. The van der Waals surface area contributed by atoms with Crippen LogP contribution in [-0.4, -0.2) is 52.6 Å². The van der Waals surface area contributed by atoms with E-state index in [0.29, 0.717) is 6.01 Å². The van der Waals surface area contributed by atoms with Crippen LogP contribution in [-0.2, 0) is 4.79 Å². The Labute approximate surface area is 132 Å². The Morgan fingerprint density at radius 2 is 1.95 bits per heavy atom. The summed E-state index contributed by atoms with van der Waals surface area (Å²) in [7, 11) is 0. The van der Waals surface area contributed by atoms with Gasteiger partial charge in [-0.15, -0.1) is 0 Å². The predicted molar refractivity (Wildman–Crippen MR) is 81.0 cm³/mol. The number of amides is 1. The Morgan fingerprint density at radius 3 is 2.62 bits per heavy atom. The van der Waals surface area contributed by atoms with Crippen molar-refractivity contribution in [3.63, 3.8) is 0 Å². The van der Waals surface area contributed by atoms with Gasteiger partial charge in [0.05, 0.1) is 10.5 Å². The van der Waals surface area contributed by atoms with E-state index in [1.807, 2.05) is 0 Å². The highest BCUT2D eigenvalue weighted by molar-refractivity contribution is 9.10. The number of aromatic nitrogens is 2. The standard InChI is InChI=1S/C14H19BrN4O2/c15-10-8-17-14(18-9-10)21-11-3-6-19(7-4-11)12-2-1-5-16-13(12)20/h8-9,11-12H,1-7H2,(H,16,20). The molecule has 7 heteroatoms. The minimum absolute atomic E-state index is 0.0450. The number of hydrogen-bond donors (Lipinski definition) is 1. The maximum absolute atomic E-state index is 11.9. The maximum atomic E-state index is 11.9. The van der Waals surface area contributed by atoms with E-state index in [-0.39, 0.29) is 18.1 Å². The predicted octanol–water partition coefficient (Wildman–Crippen LogP) is 1.36. The number of likely N-dealkylation sites (tertiary alicyclic amines) is 1. The van der Waals surface area contributed by atoms with E-state index in [1.165, 1.54) is 0 Å². The molecule has 0 aromatic carbocycles. The number of carbonyl (C=O) groups is 1. The zero-order valence-corrected chi connectivity index (χ0v) is 13.4. The van der Waals surface area contributed by atoms with E-state index < -0.39 is 0 Å². The van der Waals surface area contributed by atoms with Gasteiger partial charge in [-0.1, -0.05) is 0 Å². The minimum Gasteiger partial charge on any atom is -0.460 e. The summed E-state index contributed by atoms with van der Waals surface area (Å²) in [5, 5.41) is 2.95. The number of nitrogens with zero attached hydrogens (tertiary/aromatic N) is 3. The van der Waals surface area contributed by atoms with Crippen LogP contribution in [0.3, 0.4) is 0 Å². The van der Waals surface area contributed by atoms with Gasteiger partial charge in [0.25, 0.3) is 0 Å². The van der Waals surface area contributed by atoms with E-state index in [4.69, 9.17) is 4.74 Å². The molecule has 0 bridgehead atoms. The van der Waals surface area contributed by atoms with Crippen molar-refractivity contribution in [2.24, 2.45) is 0 Å². The monoisotopic (exact) mass is 354 g/mol. The van der Waals surface area contributed by atoms with Crippen molar-refractivity contribution < 1.29 is 9.53 Å². The highest BCUT2D eigenvalue weighted by atomic mass is 79.9. The maximum Gasteiger partial charge on any atom is 0.316 e. The third-order valence-electron chi connectivity index (χ3n) is 4.04. The second-order valence-corrected chi connectivity index (χ2v) is 6.40. The van der Waals surface area contributed by atoms with Gasteiger partial charge in [0, 0.05) is 32.0 Å². The number of nitrogens with one attached hydrogen (secondary N) is 1. The largest absolute Gasteiger partial charge is 0.460 e. The van der Waals surface area contributed by atoms with Crippen molar-refractivity contribution in [3.8, 4) is 6.01 Å². The molecule has 2 fully saturated rings. The molecule has 0 saturated carbocycles. The summed E-state index contributed by atoms with van der Waals surface area (Å²) in [6.45, 7) is 2.59. The normalized spacial score (nSPS) is 24.6. The highest BCUT2D eigenvalue weighted by Gasteiger charge is 2.31. The van der Waals surface area contributed by atoms with Crippen LogP contribution in [0.2, 0.25) is 0 Å². The zero-order chi connectivity index (χ0) is 14.7. The lowest BCUT2D eigenvalue weighted by Crippen LogP contribution is -2.53. The van der Waals surface area contributed by atoms with Crippen LogP contribution in [0, 0.1) is 0 Å². The third-order valence-corrected chi connectivity index (χ3v) is 4.45. The molecule has 0 aliphatic carbocycles. The molecule has 1 aromatic heterocycles. The van der Waals surface area contributed by atoms with Gasteiger partial charge in [-0.05, 0) is 41.6 Å². The van der Waals surface area contributed by atoms with Gasteiger partial charge < -0.3 is 10.1 Å². The summed E-state index contributed by atoms with van der Waals surface area (Å²) in [6, 6.07) is 0.468. The molecule has 0 spiro atoms. The smallest absolute Gasteiger partial charge is 0.316 e. The van der Waals surface area contributed by atoms with Gasteiger partial charge in [-0.2, -0.15) is 0 Å². The molecule has 1 amide bonds. The van der Waals surface area contributed by atoms with Gasteiger partial charge in [0.15, 0.2) is 0 Å². The highest BCUT2D eigenvalue weighted by Crippen LogP contribution is 2.21. The van der Waals surface area contributed by atoms with E-state index in [2.05, 4.69) is 36.1 Å². The Kier molecular flexibility index (Phi) is 4.70. The summed E-state index contributed by atoms with van der Waals surface area (Å²) in [5.74, 6) is 0.178. The van der Waals surface area contributed by atoms with Crippen LogP contribution in [0.1, 0.15) is 25.7 Å². The van der Waals surface area contributed by atoms with E-state index in [1.54, 1.807) is 12.4 Å². The van der Waals surface area contributed by atoms with Gasteiger partial charge in [-0.25, -0.2) is 9.97 Å². The van der Waals surface area contributed by atoms with Gasteiger partial charge in [-0.3, -0.25) is 9.69 Å². The number of rotatable bonds is 3. The van der Waals surface area contributed by atoms with Crippen molar-refractivity contribution in [3.05, 3.63) is 16.9 Å². The van der Waals surface area contributed by atoms with Crippen LogP contribution >= 0.6 is 15.9 Å². The first-order chi connectivity index (χ1) is 10.2. The second kappa shape index (κ2) is 6.70. The van der Waals surface area contributed by atoms with E-state index in [9.17, 15) is 4.79 Å². The first-order valence-electron chi connectivity index (χ1n) is 7.38. The molecule has 2 aliphatic heterocycles. The lowest BCUT2D eigenvalue weighted by molar-refractivity contribution is -0.129. The van der Waals surface area contributed by atoms with Crippen LogP contribution in [0.15, 0.2) is 16.9 Å². The van der Waals surface area contributed by atoms with E-state index >= 15 is 0 Å². The second-order valence-electron chi connectivity index (χ2n) is 5.49. The number of hydrogen-bond acceptors (Lipinski definition) is 5. The molecule has 6 nitrogen and oxygen atoms in total. The fourth-order valence-electron chi connectivity index (χ4n) is 2.92. The van der Waals surface area contributed by atoms with Crippen molar-refractivity contribution in [1.82, 2.24) is 20.2 Å². The number of piperidine rings is 2. The minimum atomic E-state index is 0.0450. The molecule has 21 heavy (non-hydrogen) atoms. The van der Waals surface area contributed by atoms with Crippen LogP contribution in [0.4, 0.5) is 0 Å². The van der Waals surface area contributed by atoms with Crippen LogP contribution in [0.25, 0.3) is 0 Å². The molecular formula is C14H19BrN4O2. The molecule has 1 aromatic rings. The lowest BCUT2D eigenvalue weighted by Gasteiger charge is -2.38. The number of ether oxygens (including phenoxy) is 1. The molecule has 0 radical (unpaired) electrons. The zero-order valence-electron chi connectivity index (χ0n) is 11.8. The summed E-state index contributed by atoms with van der Waals surface area (Å²) < 4.78 is 6.64. The fraction of sp³-hybridized carbons (Fsp3) is 0.643. The molecule has 3 heterocycles. The van der Waals surface area contributed by atoms with Crippen molar-refractivity contribution in [1.29, 1.82) is 0 Å². The molecule has 3 rings (SSSR count). The summed E-state index contributed by atoms with van der Waals surface area (Å²) in [6.07, 6.45) is 7.35. The lowest BCUT2D eigenvalue weighted by atomic mass is 10.00. The average molecular weight is 355 g/mol. The summed E-state index contributed by atoms with van der Waals surface area (Å²) in [5.41, 5.74) is 0. The van der Waals surface area contributed by atoms with Crippen LogP contribution in [0.5, 0.6) is 6.01 Å². The summed E-state index contributed by atoms with van der Waals surface area (Å²) in [4.78, 5) is 22.4. The topological polar surface area (TPSA) is 67.4 Å². The van der Waals surface area contributed by atoms with Crippen molar-refractivity contribution in [2.45, 2.75) is 37.8 Å². The molecule has 2 saturated heterocycles. The SMILES string of the molecule is O=C1NCCCC1N1CCC(Oc2ncc(Br)cn2)CC1. The van der Waals surface area contributed by atoms with E-state index in [0.717, 1.165) is 49.8 Å². The Balaban J connectivity index is 1.50. The fourth-order valence-corrected chi connectivity index (χ4v) is 3.12. The first-order valence-corrected chi connectivity index (χ1v) is 8.17. The Hall–Kier alpha value is -1.21. The molecule has 114 valence electrons. The van der Waals surface area contributed by atoms with Crippen molar-refractivity contribution >= 4 is 21.8 Å². The molecule has 1 unspecified atom stereocenters. The van der Waals surface area contributed by atoms with Gasteiger partial charge >= 0.3 is 6.01 Å². The number of carbonyl (C=O) groups excluding carboxylic acids is 1. The van der Waals surface area contributed by atoms with Crippen LogP contribution < -0.4 is 10.1 Å².